The molecule has 0 atom stereocenters. The van der Waals surface area contributed by atoms with Crippen LogP contribution in [0.3, 0.4) is 0 Å². The second kappa shape index (κ2) is 7.26. The largest absolute Gasteiger partial charge is 0.486 e. The maximum absolute atomic E-state index is 13.5. The standard InChI is InChI=1S/C23H17NO6S/c24-31(26,27)16-8-5-14(6-9-16)23-21(22(25)17-3-1-2-4-18(17)30-23)15-7-10-19-20(13-15)29-12-11-28-19/h1-10,13H,11-12H2,(H2,24,26,27). The first-order chi connectivity index (χ1) is 14.9. The summed E-state index contributed by atoms with van der Waals surface area (Å²) in [5.41, 5.74) is 1.72. The van der Waals surface area contributed by atoms with Crippen LogP contribution in [0.1, 0.15) is 0 Å². The number of fused-ring (bicyclic) bond motifs is 2. The Morgan fingerprint density at radius 2 is 1.48 bits per heavy atom. The van der Waals surface area contributed by atoms with E-state index in [1.807, 2.05) is 0 Å². The fourth-order valence-corrected chi connectivity index (χ4v) is 4.12. The third kappa shape index (κ3) is 3.45. The zero-order valence-corrected chi connectivity index (χ0v) is 17.0. The minimum atomic E-state index is -3.84. The highest BCUT2D eigenvalue weighted by atomic mass is 32.2. The summed E-state index contributed by atoms with van der Waals surface area (Å²) in [6.07, 6.45) is 0. The van der Waals surface area contributed by atoms with Gasteiger partial charge >= 0.3 is 0 Å². The van der Waals surface area contributed by atoms with Crippen LogP contribution in [0.25, 0.3) is 33.4 Å². The third-order valence-electron chi connectivity index (χ3n) is 5.07. The van der Waals surface area contributed by atoms with Crippen LogP contribution in [-0.2, 0) is 10.0 Å². The topological polar surface area (TPSA) is 109 Å². The molecule has 7 nitrogen and oxygen atoms in total. The van der Waals surface area contributed by atoms with Crippen molar-refractivity contribution in [3.63, 3.8) is 0 Å². The lowest BCUT2D eigenvalue weighted by molar-refractivity contribution is 0.171. The van der Waals surface area contributed by atoms with E-state index in [2.05, 4.69) is 0 Å². The van der Waals surface area contributed by atoms with E-state index in [-0.39, 0.29) is 10.3 Å². The lowest BCUT2D eigenvalue weighted by atomic mass is 9.98. The second-order valence-corrected chi connectivity index (χ2v) is 8.62. The van der Waals surface area contributed by atoms with E-state index in [1.165, 1.54) is 12.1 Å². The second-order valence-electron chi connectivity index (χ2n) is 7.06. The van der Waals surface area contributed by atoms with Crippen molar-refractivity contribution in [3.05, 3.63) is 77.0 Å². The van der Waals surface area contributed by atoms with Crippen molar-refractivity contribution in [2.24, 2.45) is 5.14 Å². The molecule has 0 radical (unpaired) electrons. The number of hydrogen-bond acceptors (Lipinski definition) is 6. The number of primary sulfonamides is 1. The van der Waals surface area contributed by atoms with Crippen LogP contribution in [0.5, 0.6) is 11.5 Å². The summed E-state index contributed by atoms with van der Waals surface area (Å²) < 4.78 is 40.6. The number of ether oxygens (including phenoxy) is 2. The number of sulfonamides is 1. The quantitative estimate of drug-likeness (QED) is 0.527. The number of rotatable bonds is 3. The summed E-state index contributed by atoms with van der Waals surface area (Å²) >= 11 is 0. The molecule has 4 aromatic rings. The van der Waals surface area contributed by atoms with Crippen LogP contribution in [0.2, 0.25) is 0 Å². The first kappa shape index (κ1) is 19.3. The highest BCUT2D eigenvalue weighted by Gasteiger charge is 2.21. The molecule has 0 aliphatic carbocycles. The van der Waals surface area contributed by atoms with Crippen LogP contribution in [-0.4, -0.2) is 21.6 Å². The van der Waals surface area contributed by atoms with Crippen LogP contribution in [0.4, 0.5) is 0 Å². The van der Waals surface area contributed by atoms with Gasteiger partial charge in [-0.25, -0.2) is 13.6 Å². The van der Waals surface area contributed by atoms with Crippen molar-refractivity contribution in [2.75, 3.05) is 13.2 Å². The van der Waals surface area contributed by atoms with Crippen LogP contribution in [0.15, 0.2) is 80.8 Å². The Kier molecular flexibility index (Phi) is 4.53. The molecule has 2 heterocycles. The maximum Gasteiger partial charge on any atom is 0.238 e. The molecule has 3 aromatic carbocycles. The molecule has 0 saturated heterocycles. The molecule has 0 unspecified atom stereocenters. The zero-order chi connectivity index (χ0) is 21.6. The fourth-order valence-electron chi connectivity index (χ4n) is 3.60. The van der Waals surface area contributed by atoms with E-state index >= 15 is 0 Å². The molecule has 31 heavy (non-hydrogen) atoms. The molecule has 156 valence electrons. The summed E-state index contributed by atoms with van der Waals surface area (Å²) in [5, 5.41) is 5.64. The fraction of sp³-hybridized carbons (Fsp3) is 0.0870. The predicted octanol–water partition coefficient (Wildman–Crippen LogP) is 3.55. The van der Waals surface area contributed by atoms with E-state index in [0.29, 0.717) is 58.1 Å². The molecular weight excluding hydrogens is 418 g/mol. The van der Waals surface area contributed by atoms with E-state index in [1.54, 1.807) is 54.6 Å². The van der Waals surface area contributed by atoms with Crippen molar-refractivity contribution in [3.8, 4) is 33.9 Å². The van der Waals surface area contributed by atoms with Gasteiger partial charge in [0.05, 0.1) is 15.8 Å². The molecule has 5 rings (SSSR count). The monoisotopic (exact) mass is 435 g/mol. The summed E-state index contributed by atoms with van der Waals surface area (Å²) in [7, 11) is -3.84. The molecule has 0 amide bonds. The maximum atomic E-state index is 13.5. The van der Waals surface area contributed by atoms with E-state index in [9.17, 15) is 13.2 Å². The van der Waals surface area contributed by atoms with Gasteiger partial charge in [0, 0.05) is 5.56 Å². The molecule has 0 saturated carbocycles. The van der Waals surface area contributed by atoms with E-state index in [4.69, 9.17) is 19.0 Å². The zero-order valence-electron chi connectivity index (χ0n) is 16.2. The molecular formula is C23H17NO6S. The minimum absolute atomic E-state index is 0.0275. The molecule has 1 aromatic heterocycles. The van der Waals surface area contributed by atoms with Crippen molar-refractivity contribution in [1.29, 1.82) is 0 Å². The van der Waals surface area contributed by atoms with Crippen molar-refractivity contribution in [1.82, 2.24) is 0 Å². The van der Waals surface area contributed by atoms with Crippen molar-refractivity contribution >= 4 is 21.0 Å². The smallest absolute Gasteiger partial charge is 0.238 e. The Morgan fingerprint density at radius 1 is 0.806 bits per heavy atom. The van der Waals surface area contributed by atoms with E-state index in [0.717, 1.165) is 0 Å². The van der Waals surface area contributed by atoms with Gasteiger partial charge in [0.15, 0.2) is 11.5 Å². The summed E-state index contributed by atoms with van der Waals surface area (Å²) in [5.74, 6) is 1.48. The highest BCUT2D eigenvalue weighted by molar-refractivity contribution is 7.89. The number of hydrogen-bond donors (Lipinski definition) is 1. The Labute approximate surface area is 177 Å². The summed E-state index contributed by atoms with van der Waals surface area (Å²) in [6, 6.07) is 18.1. The Hall–Kier alpha value is -3.62. The number of benzene rings is 3. The van der Waals surface area contributed by atoms with Crippen molar-refractivity contribution in [2.45, 2.75) is 4.90 Å². The van der Waals surface area contributed by atoms with Gasteiger partial charge < -0.3 is 13.9 Å². The van der Waals surface area contributed by atoms with Crippen LogP contribution < -0.4 is 20.0 Å². The van der Waals surface area contributed by atoms with Crippen molar-refractivity contribution < 1.29 is 22.3 Å². The summed E-state index contributed by atoms with van der Waals surface area (Å²) in [6.45, 7) is 0.886. The molecule has 0 spiro atoms. The van der Waals surface area contributed by atoms with Gasteiger partial charge in [-0.05, 0) is 54.1 Å². The predicted molar refractivity (Wildman–Crippen MR) is 116 cm³/mol. The first-order valence-corrected chi connectivity index (χ1v) is 11.1. The van der Waals surface area contributed by atoms with Crippen LogP contribution >= 0.6 is 0 Å². The lowest BCUT2D eigenvalue weighted by Gasteiger charge is -2.19. The minimum Gasteiger partial charge on any atom is -0.486 e. The first-order valence-electron chi connectivity index (χ1n) is 9.51. The van der Waals surface area contributed by atoms with Gasteiger partial charge in [0.25, 0.3) is 0 Å². The van der Waals surface area contributed by atoms with Gasteiger partial charge in [0.2, 0.25) is 15.5 Å². The van der Waals surface area contributed by atoms with Gasteiger partial charge in [-0.1, -0.05) is 18.2 Å². The molecule has 1 aliphatic rings. The number of para-hydroxylation sites is 1. The van der Waals surface area contributed by atoms with Gasteiger partial charge in [-0.3, -0.25) is 4.79 Å². The Balaban J connectivity index is 1.77. The lowest BCUT2D eigenvalue weighted by Crippen LogP contribution is -2.15. The normalized spacial score (nSPS) is 13.3. The molecule has 0 fully saturated rings. The SMILES string of the molecule is NS(=O)(=O)c1ccc(-c2oc3ccccc3c(=O)c2-c2ccc3c(c2)OCCO3)cc1. The van der Waals surface area contributed by atoms with E-state index < -0.39 is 10.0 Å². The van der Waals surface area contributed by atoms with Gasteiger partial charge in [0.1, 0.15) is 24.6 Å². The molecule has 1 aliphatic heterocycles. The third-order valence-corrected chi connectivity index (χ3v) is 6.00. The molecule has 8 heteroatoms. The summed E-state index contributed by atoms with van der Waals surface area (Å²) in [4.78, 5) is 13.4. The highest BCUT2D eigenvalue weighted by Crippen LogP contribution is 2.38. The van der Waals surface area contributed by atoms with Gasteiger partial charge in [-0.15, -0.1) is 0 Å². The number of nitrogens with two attached hydrogens (primary N) is 1. The van der Waals surface area contributed by atoms with Gasteiger partial charge in [-0.2, -0.15) is 0 Å². The molecule has 0 bridgehead atoms. The Morgan fingerprint density at radius 3 is 2.23 bits per heavy atom. The average molecular weight is 435 g/mol. The molecule has 2 N–H and O–H groups in total. The Bertz CT molecular complexity index is 1470. The average Bonchev–Trinajstić information content (AvgIpc) is 2.78. The van der Waals surface area contributed by atoms with Crippen LogP contribution in [0, 0.1) is 0 Å².